The highest BCUT2D eigenvalue weighted by molar-refractivity contribution is 5.37. The van der Waals surface area contributed by atoms with Gasteiger partial charge in [-0.1, -0.05) is 36.4 Å². The van der Waals surface area contributed by atoms with Crippen LogP contribution in [0.1, 0.15) is 22.3 Å². The molecule has 0 saturated carbocycles. The van der Waals surface area contributed by atoms with Crippen LogP contribution in [0, 0.1) is 19.3 Å². The molecule has 1 heterocycles. The maximum absolute atomic E-state index is 6.13. The van der Waals surface area contributed by atoms with Crippen molar-refractivity contribution >= 4 is 0 Å². The summed E-state index contributed by atoms with van der Waals surface area (Å²) in [6.45, 7) is 5.67. The average Bonchev–Trinajstić information content (AvgIpc) is 2.51. The molecule has 1 aliphatic rings. The largest absolute Gasteiger partial charge is 0.493 e. The fourth-order valence-corrected chi connectivity index (χ4v) is 3.14. The Morgan fingerprint density at radius 2 is 1.90 bits per heavy atom. The predicted molar refractivity (Wildman–Crippen MR) is 86.7 cm³/mol. The highest BCUT2D eigenvalue weighted by Gasteiger charge is 2.34. The van der Waals surface area contributed by atoms with Gasteiger partial charge in [-0.25, -0.2) is 0 Å². The van der Waals surface area contributed by atoms with Crippen LogP contribution in [-0.2, 0) is 12.8 Å². The smallest absolute Gasteiger partial charge is 0.122 e. The lowest BCUT2D eigenvalue weighted by Gasteiger charge is -2.37. The van der Waals surface area contributed by atoms with Gasteiger partial charge in [-0.15, -0.1) is 0 Å². The molecule has 2 aromatic rings. The number of aryl methyl sites for hydroxylation is 2. The lowest BCUT2D eigenvalue weighted by molar-refractivity contribution is 0.126. The Hall–Kier alpha value is -1.80. The lowest BCUT2D eigenvalue weighted by Crippen LogP contribution is -2.43. The van der Waals surface area contributed by atoms with Crippen LogP contribution < -0.4 is 10.5 Å². The van der Waals surface area contributed by atoms with E-state index in [9.17, 15) is 0 Å². The molecule has 2 N–H and O–H groups in total. The minimum absolute atomic E-state index is 0.00997. The van der Waals surface area contributed by atoms with Crippen LogP contribution in [-0.4, -0.2) is 13.2 Å². The second-order valence-electron chi connectivity index (χ2n) is 6.37. The Kier molecular flexibility index (Phi) is 3.73. The van der Waals surface area contributed by atoms with Gasteiger partial charge in [0, 0.05) is 12.0 Å². The number of rotatable bonds is 3. The van der Waals surface area contributed by atoms with E-state index in [1.54, 1.807) is 0 Å². The molecule has 110 valence electrons. The van der Waals surface area contributed by atoms with Crippen molar-refractivity contribution in [3.63, 3.8) is 0 Å². The van der Waals surface area contributed by atoms with Gasteiger partial charge in [0.1, 0.15) is 5.75 Å². The molecule has 0 fully saturated rings. The molecule has 1 atom stereocenters. The minimum atomic E-state index is 0.00997. The first-order valence-corrected chi connectivity index (χ1v) is 7.59. The number of hydrogen-bond acceptors (Lipinski definition) is 2. The van der Waals surface area contributed by atoms with Crippen LogP contribution in [0.4, 0.5) is 0 Å². The zero-order valence-electron chi connectivity index (χ0n) is 12.9. The van der Waals surface area contributed by atoms with Gasteiger partial charge < -0.3 is 10.5 Å². The van der Waals surface area contributed by atoms with E-state index >= 15 is 0 Å². The number of hydrogen-bond donors (Lipinski definition) is 1. The third-order valence-corrected chi connectivity index (χ3v) is 4.66. The summed E-state index contributed by atoms with van der Waals surface area (Å²) in [4.78, 5) is 0. The normalized spacial score (nSPS) is 20.7. The highest BCUT2D eigenvalue weighted by Crippen LogP contribution is 2.36. The SMILES string of the molecule is Cc1ccc(CC2(CN)COc3ccccc3C2)cc1C. The maximum atomic E-state index is 6.13. The Morgan fingerprint density at radius 1 is 1.10 bits per heavy atom. The quantitative estimate of drug-likeness (QED) is 0.935. The standard InChI is InChI=1S/C19H23NO/c1-14-7-8-16(9-15(14)2)10-19(12-20)11-17-5-3-4-6-18(17)21-13-19/h3-9H,10-13,20H2,1-2H3. The molecular formula is C19H23NO. The molecule has 2 nitrogen and oxygen atoms in total. The monoisotopic (exact) mass is 281 g/mol. The van der Waals surface area contributed by atoms with Crippen LogP contribution >= 0.6 is 0 Å². The molecule has 3 rings (SSSR count). The van der Waals surface area contributed by atoms with Gasteiger partial charge in [0.25, 0.3) is 0 Å². The van der Waals surface area contributed by atoms with E-state index in [0.29, 0.717) is 13.2 Å². The van der Waals surface area contributed by atoms with Crippen molar-refractivity contribution < 1.29 is 4.74 Å². The first kappa shape index (κ1) is 14.2. The summed E-state index contributed by atoms with van der Waals surface area (Å²) in [5.74, 6) is 1.02. The van der Waals surface area contributed by atoms with Gasteiger partial charge in [-0.3, -0.25) is 0 Å². The summed E-state index contributed by atoms with van der Waals surface area (Å²) in [5, 5.41) is 0. The first-order valence-electron chi connectivity index (χ1n) is 7.59. The maximum Gasteiger partial charge on any atom is 0.122 e. The topological polar surface area (TPSA) is 35.2 Å². The molecule has 0 aromatic heterocycles. The number of para-hydroxylation sites is 1. The van der Waals surface area contributed by atoms with Gasteiger partial charge in [-0.2, -0.15) is 0 Å². The summed E-state index contributed by atoms with van der Waals surface area (Å²) in [6.07, 6.45) is 1.96. The van der Waals surface area contributed by atoms with Crippen LogP contribution in [0.5, 0.6) is 5.75 Å². The van der Waals surface area contributed by atoms with Gasteiger partial charge >= 0.3 is 0 Å². The van der Waals surface area contributed by atoms with Gasteiger partial charge in [0.15, 0.2) is 0 Å². The fourth-order valence-electron chi connectivity index (χ4n) is 3.14. The van der Waals surface area contributed by atoms with Crippen molar-refractivity contribution in [3.05, 3.63) is 64.7 Å². The molecule has 0 bridgehead atoms. The molecule has 0 spiro atoms. The third-order valence-electron chi connectivity index (χ3n) is 4.66. The summed E-state index contributed by atoms with van der Waals surface area (Å²) < 4.78 is 5.98. The van der Waals surface area contributed by atoms with E-state index in [2.05, 4.69) is 44.2 Å². The lowest BCUT2D eigenvalue weighted by atomic mass is 9.75. The number of nitrogens with two attached hydrogens (primary N) is 1. The molecule has 0 saturated heterocycles. The van der Waals surface area contributed by atoms with Crippen molar-refractivity contribution in [2.75, 3.05) is 13.2 Å². The van der Waals surface area contributed by atoms with E-state index in [4.69, 9.17) is 10.5 Å². The molecule has 2 heteroatoms. The third kappa shape index (κ3) is 2.81. The molecule has 21 heavy (non-hydrogen) atoms. The summed E-state index contributed by atoms with van der Waals surface area (Å²) in [6, 6.07) is 15.0. The van der Waals surface area contributed by atoms with E-state index in [1.807, 2.05) is 12.1 Å². The Labute approximate surface area is 126 Å². The number of ether oxygens (including phenoxy) is 1. The molecular weight excluding hydrogens is 258 g/mol. The summed E-state index contributed by atoms with van der Waals surface area (Å²) >= 11 is 0. The molecule has 0 amide bonds. The van der Waals surface area contributed by atoms with E-state index in [1.165, 1.54) is 22.3 Å². The zero-order chi connectivity index (χ0) is 14.9. The molecule has 1 unspecified atom stereocenters. The highest BCUT2D eigenvalue weighted by atomic mass is 16.5. The van der Waals surface area contributed by atoms with Gasteiger partial charge in [0.05, 0.1) is 6.61 Å². The second kappa shape index (κ2) is 5.53. The minimum Gasteiger partial charge on any atom is -0.493 e. The molecule has 0 radical (unpaired) electrons. The van der Waals surface area contributed by atoms with Crippen molar-refractivity contribution in [2.24, 2.45) is 11.1 Å². The fraction of sp³-hybridized carbons (Fsp3) is 0.368. The predicted octanol–water partition coefficient (Wildman–Crippen LogP) is 3.43. The number of benzene rings is 2. The van der Waals surface area contributed by atoms with Crippen molar-refractivity contribution in [1.29, 1.82) is 0 Å². The second-order valence-corrected chi connectivity index (χ2v) is 6.37. The van der Waals surface area contributed by atoms with Gasteiger partial charge in [-0.05, 0) is 55.0 Å². The van der Waals surface area contributed by atoms with Crippen LogP contribution in [0.2, 0.25) is 0 Å². The van der Waals surface area contributed by atoms with Gasteiger partial charge in [0.2, 0.25) is 0 Å². The number of fused-ring (bicyclic) bond motifs is 1. The van der Waals surface area contributed by atoms with E-state index < -0.39 is 0 Å². The summed E-state index contributed by atoms with van der Waals surface area (Å²) in [5.41, 5.74) is 11.5. The zero-order valence-corrected chi connectivity index (χ0v) is 12.9. The van der Waals surface area contributed by atoms with Crippen molar-refractivity contribution in [2.45, 2.75) is 26.7 Å². The molecule has 2 aromatic carbocycles. The molecule has 1 aliphatic heterocycles. The van der Waals surface area contributed by atoms with Crippen LogP contribution in [0.3, 0.4) is 0 Å². The van der Waals surface area contributed by atoms with E-state index in [0.717, 1.165) is 18.6 Å². The Balaban J connectivity index is 1.86. The van der Waals surface area contributed by atoms with Crippen molar-refractivity contribution in [1.82, 2.24) is 0 Å². The van der Waals surface area contributed by atoms with Crippen LogP contribution in [0.25, 0.3) is 0 Å². The first-order chi connectivity index (χ1) is 10.1. The molecule has 0 aliphatic carbocycles. The van der Waals surface area contributed by atoms with Crippen LogP contribution in [0.15, 0.2) is 42.5 Å². The average molecular weight is 281 g/mol. The Morgan fingerprint density at radius 3 is 2.67 bits per heavy atom. The van der Waals surface area contributed by atoms with Crippen molar-refractivity contribution in [3.8, 4) is 5.75 Å². The Bertz CT molecular complexity index is 650. The van der Waals surface area contributed by atoms with E-state index in [-0.39, 0.29) is 5.41 Å². The summed E-state index contributed by atoms with van der Waals surface area (Å²) in [7, 11) is 0.